The number of hydrogen-bond acceptors (Lipinski definition) is 3. The Labute approximate surface area is 98.7 Å². The van der Waals surface area contributed by atoms with E-state index in [-0.39, 0.29) is 18.3 Å². The van der Waals surface area contributed by atoms with Gasteiger partial charge < -0.3 is 16.4 Å². The minimum atomic E-state index is -0.257. The third kappa shape index (κ3) is 4.33. The van der Waals surface area contributed by atoms with Gasteiger partial charge in [-0.3, -0.25) is 15.0 Å². The molecule has 0 unspecified atom stereocenters. The number of nitrogens with two attached hydrogens (primary N) is 1. The lowest BCUT2D eigenvalue weighted by Gasteiger charge is -2.05. The normalized spacial score (nSPS) is 9.41. The summed E-state index contributed by atoms with van der Waals surface area (Å²) in [5.41, 5.74) is 6.85. The summed E-state index contributed by atoms with van der Waals surface area (Å²) < 4.78 is 0. The van der Waals surface area contributed by atoms with Crippen LogP contribution < -0.4 is 16.4 Å². The van der Waals surface area contributed by atoms with Crippen molar-refractivity contribution in [3.05, 3.63) is 35.4 Å². The van der Waals surface area contributed by atoms with E-state index in [0.717, 1.165) is 5.56 Å². The molecule has 0 radical (unpaired) electrons. The largest absolute Gasteiger partial charge is 0.384 e. The Morgan fingerprint density at radius 3 is 2.53 bits per heavy atom. The van der Waals surface area contributed by atoms with Crippen LogP contribution in [-0.4, -0.2) is 24.7 Å². The van der Waals surface area contributed by atoms with Crippen LogP contribution >= 0.6 is 0 Å². The van der Waals surface area contributed by atoms with Crippen LogP contribution in [0, 0.1) is 5.41 Å². The number of nitrogens with one attached hydrogen (secondary N) is 3. The topological polar surface area (TPSA) is 108 Å². The van der Waals surface area contributed by atoms with Crippen molar-refractivity contribution in [1.82, 2.24) is 10.6 Å². The van der Waals surface area contributed by atoms with Gasteiger partial charge in [-0.05, 0) is 5.56 Å². The molecular weight excluding hydrogens is 220 g/mol. The first-order chi connectivity index (χ1) is 8.13. The Morgan fingerprint density at radius 2 is 2.00 bits per heavy atom. The fourth-order valence-corrected chi connectivity index (χ4v) is 1.20. The van der Waals surface area contributed by atoms with E-state index in [9.17, 15) is 9.59 Å². The van der Waals surface area contributed by atoms with Crippen molar-refractivity contribution in [3.8, 4) is 0 Å². The first kappa shape index (κ1) is 12.7. The van der Waals surface area contributed by atoms with Gasteiger partial charge in [0, 0.05) is 12.1 Å². The third-order valence-electron chi connectivity index (χ3n) is 2.10. The Balaban J connectivity index is 2.44. The fourth-order valence-electron chi connectivity index (χ4n) is 1.20. The number of hydrogen-bond donors (Lipinski definition) is 4. The second-order valence-corrected chi connectivity index (χ2v) is 3.39. The Morgan fingerprint density at radius 1 is 1.35 bits per heavy atom. The molecule has 0 saturated carbocycles. The molecule has 0 fully saturated rings. The first-order valence-corrected chi connectivity index (χ1v) is 5.00. The Kier molecular flexibility index (Phi) is 4.68. The molecule has 1 aromatic carbocycles. The molecule has 90 valence electrons. The molecule has 2 amide bonds. The molecule has 0 atom stereocenters. The summed E-state index contributed by atoms with van der Waals surface area (Å²) in [4.78, 5) is 21.1. The lowest BCUT2D eigenvalue weighted by atomic mass is 10.1. The van der Waals surface area contributed by atoms with Gasteiger partial charge in [0.1, 0.15) is 5.84 Å². The van der Waals surface area contributed by atoms with Gasteiger partial charge in [-0.1, -0.05) is 24.3 Å². The van der Waals surface area contributed by atoms with Crippen molar-refractivity contribution in [3.63, 3.8) is 0 Å². The predicted molar refractivity (Wildman–Crippen MR) is 63.4 cm³/mol. The number of rotatable bonds is 6. The molecule has 0 aromatic heterocycles. The van der Waals surface area contributed by atoms with E-state index < -0.39 is 0 Å². The van der Waals surface area contributed by atoms with Gasteiger partial charge in [0.05, 0.1) is 6.54 Å². The molecule has 1 rings (SSSR count). The highest BCUT2D eigenvalue weighted by Gasteiger charge is 2.00. The highest BCUT2D eigenvalue weighted by atomic mass is 16.2. The fraction of sp³-hybridized carbons (Fsp3) is 0.182. The highest BCUT2D eigenvalue weighted by molar-refractivity contribution is 5.94. The first-order valence-electron chi connectivity index (χ1n) is 5.00. The van der Waals surface area contributed by atoms with Gasteiger partial charge in [0.2, 0.25) is 12.3 Å². The van der Waals surface area contributed by atoms with E-state index in [1.807, 2.05) is 0 Å². The summed E-state index contributed by atoms with van der Waals surface area (Å²) in [7, 11) is 0. The van der Waals surface area contributed by atoms with E-state index >= 15 is 0 Å². The summed E-state index contributed by atoms with van der Waals surface area (Å²) in [6.07, 6.45) is 0.473. The van der Waals surface area contributed by atoms with E-state index in [0.29, 0.717) is 18.5 Å². The third-order valence-corrected chi connectivity index (χ3v) is 2.10. The van der Waals surface area contributed by atoms with Crippen LogP contribution in [0.2, 0.25) is 0 Å². The average molecular weight is 234 g/mol. The summed E-state index contributed by atoms with van der Waals surface area (Å²) in [6, 6.07) is 7.00. The summed E-state index contributed by atoms with van der Waals surface area (Å²) >= 11 is 0. The van der Waals surface area contributed by atoms with Gasteiger partial charge in [-0.25, -0.2) is 0 Å². The number of amidine groups is 1. The van der Waals surface area contributed by atoms with Gasteiger partial charge >= 0.3 is 0 Å². The van der Waals surface area contributed by atoms with Gasteiger partial charge in [0.25, 0.3) is 0 Å². The minimum absolute atomic E-state index is 0.00997. The Bertz CT molecular complexity index is 414. The van der Waals surface area contributed by atoms with Crippen LogP contribution in [0.1, 0.15) is 11.1 Å². The monoisotopic (exact) mass is 234 g/mol. The molecule has 0 aliphatic carbocycles. The smallest absolute Gasteiger partial charge is 0.239 e. The van der Waals surface area contributed by atoms with Crippen LogP contribution in [0.3, 0.4) is 0 Å². The standard InChI is InChI=1S/C11H14N4O2/c12-11(13)9-3-1-8(2-4-9)5-15-10(17)6-14-7-16/h1-4,7H,5-6H2,(H3,12,13)(H,14,16)(H,15,17). The molecule has 0 aliphatic heterocycles. The SMILES string of the molecule is N=C(N)c1ccc(CNC(=O)CNC=O)cc1. The predicted octanol–water partition coefficient (Wildman–Crippen LogP) is -0.667. The number of carbonyl (C=O) groups is 2. The van der Waals surface area contributed by atoms with Gasteiger partial charge in [0.15, 0.2) is 0 Å². The van der Waals surface area contributed by atoms with Crippen molar-refractivity contribution in [2.45, 2.75) is 6.54 Å². The zero-order chi connectivity index (χ0) is 12.7. The maximum Gasteiger partial charge on any atom is 0.239 e. The van der Waals surface area contributed by atoms with Gasteiger partial charge in [-0.15, -0.1) is 0 Å². The molecule has 0 bridgehead atoms. The van der Waals surface area contributed by atoms with Crippen LogP contribution in [0.4, 0.5) is 0 Å². The molecule has 0 heterocycles. The van der Waals surface area contributed by atoms with Crippen LogP contribution in [0.5, 0.6) is 0 Å². The van der Waals surface area contributed by atoms with Crippen LogP contribution in [-0.2, 0) is 16.1 Å². The van der Waals surface area contributed by atoms with Crippen molar-refractivity contribution in [1.29, 1.82) is 5.41 Å². The number of carbonyl (C=O) groups excluding carboxylic acids is 2. The molecule has 0 saturated heterocycles. The lowest BCUT2D eigenvalue weighted by Crippen LogP contribution is -2.32. The van der Waals surface area contributed by atoms with Crippen LogP contribution in [0.25, 0.3) is 0 Å². The molecule has 0 aliphatic rings. The Hall–Kier alpha value is -2.37. The molecule has 5 N–H and O–H groups in total. The molecular formula is C11H14N4O2. The molecule has 1 aromatic rings. The molecule has 17 heavy (non-hydrogen) atoms. The second-order valence-electron chi connectivity index (χ2n) is 3.39. The summed E-state index contributed by atoms with van der Waals surface area (Å²) in [5.74, 6) is -0.247. The molecule has 0 spiro atoms. The quantitative estimate of drug-likeness (QED) is 0.298. The van der Waals surface area contributed by atoms with E-state index in [1.54, 1.807) is 24.3 Å². The zero-order valence-corrected chi connectivity index (χ0v) is 9.19. The summed E-state index contributed by atoms with van der Waals surface area (Å²) in [5, 5.41) is 12.1. The number of nitrogen functional groups attached to an aromatic ring is 1. The van der Waals surface area contributed by atoms with E-state index in [4.69, 9.17) is 11.1 Å². The molecule has 6 nitrogen and oxygen atoms in total. The lowest BCUT2D eigenvalue weighted by molar-refractivity contribution is -0.122. The average Bonchev–Trinajstić information content (AvgIpc) is 2.34. The van der Waals surface area contributed by atoms with Crippen molar-refractivity contribution >= 4 is 18.2 Å². The maximum absolute atomic E-state index is 11.2. The summed E-state index contributed by atoms with van der Waals surface area (Å²) in [6.45, 7) is 0.340. The zero-order valence-electron chi connectivity index (χ0n) is 9.19. The maximum atomic E-state index is 11.2. The number of amides is 2. The minimum Gasteiger partial charge on any atom is -0.384 e. The van der Waals surface area contributed by atoms with Crippen molar-refractivity contribution < 1.29 is 9.59 Å². The highest BCUT2D eigenvalue weighted by Crippen LogP contribution is 2.03. The van der Waals surface area contributed by atoms with E-state index in [1.165, 1.54) is 0 Å². The second kappa shape index (κ2) is 6.26. The number of benzene rings is 1. The van der Waals surface area contributed by atoms with Crippen molar-refractivity contribution in [2.75, 3.05) is 6.54 Å². The van der Waals surface area contributed by atoms with E-state index in [2.05, 4.69) is 10.6 Å². The van der Waals surface area contributed by atoms with Crippen molar-refractivity contribution in [2.24, 2.45) is 5.73 Å². The molecule has 6 heteroatoms. The van der Waals surface area contributed by atoms with Crippen LogP contribution in [0.15, 0.2) is 24.3 Å². The van der Waals surface area contributed by atoms with Gasteiger partial charge in [-0.2, -0.15) is 0 Å².